The number of methoxy groups -OCH3 is 1. The Labute approximate surface area is 89.2 Å². The third kappa shape index (κ3) is 8.69. The molecule has 1 N–H and O–H groups in total. The van der Waals surface area contributed by atoms with Gasteiger partial charge in [0.1, 0.15) is 0 Å². The van der Waals surface area contributed by atoms with Gasteiger partial charge in [0.25, 0.3) is 0 Å². The molecular formula is C10H20F3NO. The van der Waals surface area contributed by atoms with Crippen molar-refractivity contribution in [3.63, 3.8) is 0 Å². The maximum Gasteiger partial charge on any atom is 0.389 e. The summed E-state index contributed by atoms with van der Waals surface area (Å²) < 4.78 is 40.4. The number of ether oxygens (including phenoxy) is 1. The lowest BCUT2D eigenvalue weighted by Gasteiger charge is -2.19. The van der Waals surface area contributed by atoms with Gasteiger partial charge >= 0.3 is 6.18 Å². The molecule has 0 aromatic carbocycles. The Hall–Kier alpha value is -0.290. The van der Waals surface area contributed by atoms with E-state index in [0.29, 0.717) is 13.0 Å². The summed E-state index contributed by atoms with van der Waals surface area (Å²) in [5.74, 6) is 0. The number of hydrogen-bond donors (Lipinski definition) is 1. The predicted octanol–water partition coefficient (Wildman–Crippen LogP) is 2.73. The first-order valence-corrected chi connectivity index (χ1v) is 5.19. The second-order valence-electron chi connectivity index (χ2n) is 3.76. The van der Waals surface area contributed by atoms with E-state index in [1.54, 1.807) is 7.11 Å². The van der Waals surface area contributed by atoms with E-state index in [1.165, 1.54) is 0 Å². The van der Waals surface area contributed by atoms with Crippen LogP contribution in [0.4, 0.5) is 13.2 Å². The predicted molar refractivity (Wildman–Crippen MR) is 53.8 cm³/mol. The van der Waals surface area contributed by atoms with Crippen LogP contribution in [0.1, 0.15) is 33.1 Å². The van der Waals surface area contributed by atoms with Gasteiger partial charge in [-0.15, -0.1) is 0 Å². The van der Waals surface area contributed by atoms with Crippen molar-refractivity contribution < 1.29 is 17.9 Å². The van der Waals surface area contributed by atoms with Crippen LogP contribution in [0.15, 0.2) is 0 Å². The lowest BCUT2D eigenvalue weighted by Crippen LogP contribution is -2.37. The van der Waals surface area contributed by atoms with Crippen LogP contribution in [-0.4, -0.2) is 32.0 Å². The molecular weight excluding hydrogens is 207 g/mol. The fraction of sp³-hybridized carbons (Fsp3) is 1.00. The number of halogens is 3. The summed E-state index contributed by atoms with van der Waals surface area (Å²) in [7, 11) is 1.62. The van der Waals surface area contributed by atoms with Gasteiger partial charge in [-0.05, 0) is 33.2 Å². The minimum Gasteiger partial charge on any atom is -0.380 e. The third-order valence-corrected chi connectivity index (χ3v) is 2.43. The van der Waals surface area contributed by atoms with Crippen LogP contribution in [0.5, 0.6) is 0 Å². The van der Waals surface area contributed by atoms with Crippen LogP contribution in [-0.2, 0) is 4.74 Å². The van der Waals surface area contributed by atoms with E-state index in [1.807, 2.05) is 13.8 Å². The molecule has 2 unspecified atom stereocenters. The Morgan fingerprint density at radius 1 is 1.20 bits per heavy atom. The summed E-state index contributed by atoms with van der Waals surface area (Å²) in [5.41, 5.74) is 0. The van der Waals surface area contributed by atoms with E-state index in [9.17, 15) is 13.2 Å². The molecule has 0 rings (SSSR count). The molecule has 0 aromatic heterocycles. The molecule has 0 saturated carbocycles. The van der Waals surface area contributed by atoms with E-state index < -0.39 is 12.6 Å². The molecule has 15 heavy (non-hydrogen) atoms. The van der Waals surface area contributed by atoms with Crippen LogP contribution in [0.25, 0.3) is 0 Å². The second kappa shape index (κ2) is 7.06. The number of hydrogen-bond acceptors (Lipinski definition) is 2. The molecule has 0 radical (unpaired) electrons. The molecule has 0 amide bonds. The normalized spacial score (nSPS) is 16.4. The summed E-state index contributed by atoms with van der Waals surface area (Å²) in [4.78, 5) is 0. The first-order chi connectivity index (χ1) is 6.87. The fourth-order valence-corrected chi connectivity index (χ4v) is 1.15. The number of rotatable bonds is 7. The molecule has 0 fully saturated rings. The van der Waals surface area contributed by atoms with E-state index in [2.05, 4.69) is 5.32 Å². The molecule has 92 valence electrons. The van der Waals surface area contributed by atoms with Gasteiger partial charge < -0.3 is 10.1 Å². The quantitative estimate of drug-likeness (QED) is 0.675. The minimum absolute atomic E-state index is 0.0765. The maximum absolute atomic E-state index is 11.8. The number of alkyl halides is 3. The van der Waals surface area contributed by atoms with Gasteiger partial charge in [-0.2, -0.15) is 13.2 Å². The SMILES string of the molecule is COC(C)C(C)NCCCCC(F)(F)F. The van der Waals surface area contributed by atoms with Gasteiger partial charge in [0.05, 0.1) is 6.10 Å². The van der Waals surface area contributed by atoms with Crippen molar-refractivity contribution in [2.45, 2.75) is 51.4 Å². The van der Waals surface area contributed by atoms with Crippen molar-refractivity contribution in [3.8, 4) is 0 Å². The average Bonchev–Trinajstić information content (AvgIpc) is 2.14. The maximum atomic E-state index is 11.8. The van der Waals surface area contributed by atoms with Gasteiger partial charge in [0.2, 0.25) is 0 Å². The zero-order chi connectivity index (χ0) is 11.9. The largest absolute Gasteiger partial charge is 0.389 e. The summed E-state index contributed by atoms with van der Waals surface area (Å²) in [5, 5.41) is 3.13. The van der Waals surface area contributed by atoms with E-state index in [0.717, 1.165) is 0 Å². The Balaban J connectivity index is 3.39. The molecule has 0 aromatic rings. The lowest BCUT2D eigenvalue weighted by molar-refractivity contribution is -0.135. The van der Waals surface area contributed by atoms with Crippen molar-refractivity contribution in [3.05, 3.63) is 0 Å². The van der Waals surface area contributed by atoms with Crippen molar-refractivity contribution in [1.82, 2.24) is 5.32 Å². The topological polar surface area (TPSA) is 21.3 Å². The van der Waals surface area contributed by atoms with Crippen LogP contribution in [0.3, 0.4) is 0 Å². The summed E-state index contributed by atoms with van der Waals surface area (Å²) in [6.07, 6.45) is -3.91. The lowest BCUT2D eigenvalue weighted by atomic mass is 10.2. The standard InChI is InChI=1S/C10H20F3NO/c1-8(9(2)15-3)14-7-5-4-6-10(11,12)13/h8-9,14H,4-7H2,1-3H3. The van der Waals surface area contributed by atoms with E-state index >= 15 is 0 Å². The van der Waals surface area contributed by atoms with Crippen molar-refractivity contribution in [2.75, 3.05) is 13.7 Å². The molecule has 0 saturated heterocycles. The Kier molecular flexibility index (Phi) is 6.92. The van der Waals surface area contributed by atoms with Crippen molar-refractivity contribution >= 4 is 0 Å². The van der Waals surface area contributed by atoms with Crippen molar-refractivity contribution in [1.29, 1.82) is 0 Å². The first-order valence-electron chi connectivity index (χ1n) is 5.19. The van der Waals surface area contributed by atoms with Crippen LogP contribution < -0.4 is 5.32 Å². The minimum atomic E-state index is -4.02. The highest BCUT2D eigenvalue weighted by molar-refractivity contribution is 4.67. The van der Waals surface area contributed by atoms with Gasteiger partial charge in [0.15, 0.2) is 0 Å². The highest BCUT2D eigenvalue weighted by Crippen LogP contribution is 2.21. The van der Waals surface area contributed by atoms with Crippen LogP contribution in [0, 0.1) is 0 Å². The average molecular weight is 227 g/mol. The van der Waals surface area contributed by atoms with Crippen molar-refractivity contribution in [2.24, 2.45) is 0 Å². The molecule has 0 bridgehead atoms. The van der Waals surface area contributed by atoms with Gasteiger partial charge in [-0.3, -0.25) is 0 Å². The third-order valence-electron chi connectivity index (χ3n) is 2.43. The van der Waals surface area contributed by atoms with Crippen LogP contribution in [0.2, 0.25) is 0 Å². The Bertz CT molecular complexity index is 161. The molecule has 0 spiro atoms. The highest BCUT2D eigenvalue weighted by atomic mass is 19.4. The van der Waals surface area contributed by atoms with E-state index in [4.69, 9.17) is 4.74 Å². The molecule has 0 aliphatic rings. The van der Waals surface area contributed by atoms with Gasteiger partial charge in [-0.25, -0.2) is 0 Å². The summed E-state index contributed by atoms with van der Waals surface area (Å²) >= 11 is 0. The first kappa shape index (κ1) is 14.7. The Morgan fingerprint density at radius 2 is 1.80 bits per heavy atom. The Morgan fingerprint density at radius 3 is 2.27 bits per heavy atom. The monoisotopic (exact) mass is 227 g/mol. The molecule has 0 heterocycles. The summed E-state index contributed by atoms with van der Waals surface area (Å²) in [6, 6.07) is 0.167. The summed E-state index contributed by atoms with van der Waals surface area (Å²) in [6.45, 7) is 4.48. The van der Waals surface area contributed by atoms with Gasteiger partial charge in [0, 0.05) is 19.6 Å². The number of unbranched alkanes of at least 4 members (excludes halogenated alkanes) is 1. The smallest absolute Gasteiger partial charge is 0.380 e. The number of nitrogens with one attached hydrogen (secondary N) is 1. The van der Waals surface area contributed by atoms with Gasteiger partial charge in [-0.1, -0.05) is 0 Å². The zero-order valence-electron chi connectivity index (χ0n) is 9.53. The zero-order valence-corrected chi connectivity index (χ0v) is 9.53. The molecule has 0 aliphatic carbocycles. The highest BCUT2D eigenvalue weighted by Gasteiger charge is 2.25. The second-order valence-corrected chi connectivity index (χ2v) is 3.76. The van der Waals surface area contributed by atoms with E-state index in [-0.39, 0.29) is 18.6 Å². The molecule has 0 aliphatic heterocycles. The van der Waals surface area contributed by atoms with Crippen LogP contribution >= 0.6 is 0 Å². The molecule has 2 nitrogen and oxygen atoms in total. The fourth-order valence-electron chi connectivity index (χ4n) is 1.15. The molecule has 5 heteroatoms. The molecule has 2 atom stereocenters.